The van der Waals surface area contributed by atoms with Gasteiger partial charge in [-0.1, -0.05) is 59.3 Å². The topological polar surface area (TPSA) is 25.8 Å². The van der Waals surface area contributed by atoms with Crippen LogP contribution in [0.15, 0.2) is 71.3 Å². The van der Waals surface area contributed by atoms with Crippen LogP contribution in [0.5, 0.6) is 0 Å². The molecule has 0 unspecified atom stereocenters. The van der Waals surface area contributed by atoms with Crippen LogP contribution in [-0.4, -0.2) is 15.7 Å². The maximum absolute atomic E-state index is 4.59. The molecule has 2 nitrogen and oxygen atoms in total. The third kappa shape index (κ3) is 5.42. The Morgan fingerprint density at radius 1 is 1.04 bits per heavy atom. The van der Waals surface area contributed by atoms with Gasteiger partial charge in [0, 0.05) is 11.9 Å². The van der Waals surface area contributed by atoms with E-state index in [-0.39, 0.29) is 0 Å². The van der Waals surface area contributed by atoms with Crippen molar-refractivity contribution in [3.05, 3.63) is 71.7 Å². The highest BCUT2D eigenvalue weighted by atomic mass is 33.5. The van der Waals surface area contributed by atoms with Gasteiger partial charge in [0.1, 0.15) is 0 Å². The van der Waals surface area contributed by atoms with Gasteiger partial charge < -0.3 is 0 Å². The first-order valence-electron chi connectivity index (χ1n) is 6.96. The summed E-state index contributed by atoms with van der Waals surface area (Å²) in [5.41, 5.74) is 2.23. The van der Waals surface area contributed by atoms with Crippen molar-refractivity contribution in [1.29, 1.82) is 0 Å². The molecule has 1 aromatic carbocycles. The van der Waals surface area contributed by atoms with E-state index in [1.165, 1.54) is 10.4 Å². The van der Waals surface area contributed by atoms with Gasteiger partial charge in [0.2, 0.25) is 0 Å². The van der Waals surface area contributed by atoms with E-state index in [1.54, 1.807) is 42.8 Å². The van der Waals surface area contributed by atoms with E-state index in [0.29, 0.717) is 0 Å². The molecule has 0 N–H and O–H groups in total. The zero-order chi connectivity index (χ0) is 15.7. The highest BCUT2D eigenvalue weighted by molar-refractivity contribution is 9.09. The van der Waals surface area contributed by atoms with Gasteiger partial charge >= 0.3 is 0 Å². The fraction of sp³-hybridized carbons (Fsp3) is 0.0588. The third-order valence-corrected chi connectivity index (χ3v) is 7.40. The minimum atomic E-state index is 0.806. The summed E-state index contributed by atoms with van der Waals surface area (Å²) in [6.07, 6.45) is 6.15. The van der Waals surface area contributed by atoms with Crippen molar-refractivity contribution in [2.45, 2.75) is 5.16 Å². The summed E-state index contributed by atoms with van der Waals surface area (Å²) in [5, 5.41) is 2.87. The first kappa shape index (κ1) is 16.6. The SMILES string of the molecule is C(=Cc1ccccc1)CSSSc1nccc(-c2cccs2)n1. The van der Waals surface area contributed by atoms with Crippen LogP contribution in [-0.2, 0) is 0 Å². The molecule has 3 aromatic rings. The number of aromatic nitrogens is 2. The van der Waals surface area contributed by atoms with E-state index < -0.39 is 0 Å². The molecule has 0 aliphatic heterocycles. The van der Waals surface area contributed by atoms with Gasteiger partial charge in [0.05, 0.1) is 10.6 Å². The van der Waals surface area contributed by atoms with Crippen LogP contribution in [0.2, 0.25) is 0 Å². The summed E-state index contributed by atoms with van der Waals surface area (Å²) in [5.74, 6) is 0.956. The van der Waals surface area contributed by atoms with E-state index in [9.17, 15) is 0 Å². The summed E-state index contributed by atoms with van der Waals surface area (Å²) >= 11 is 1.70. The summed E-state index contributed by atoms with van der Waals surface area (Å²) < 4.78 is 0. The maximum atomic E-state index is 4.59. The van der Waals surface area contributed by atoms with Crippen LogP contribution in [0, 0.1) is 0 Å². The van der Waals surface area contributed by atoms with E-state index in [1.807, 2.05) is 24.4 Å². The van der Waals surface area contributed by atoms with E-state index in [0.717, 1.165) is 16.6 Å². The van der Waals surface area contributed by atoms with Crippen LogP contribution in [0.1, 0.15) is 5.56 Å². The van der Waals surface area contributed by atoms with Crippen molar-refractivity contribution in [2.75, 3.05) is 5.75 Å². The Morgan fingerprint density at radius 2 is 1.96 bits per heavy atom. The number of benzene rings is 1. The molecule has 0 fully saturated rings. The highest BCUT2D eigenvalue weighted by Crippen LogP contribution is 2.39. The Balaban J connectivity index is 1.44. The molecule has 3 rings (SSSR count). The lowest BCUT2D eigenvalue weighted by Crippen LogP contribution is -1.86. The molecule has 116 valence electrons. The van der Waals surface area contributed by atoms with Gasteiger partial charge in [-0.2, -0.15) is 0 Å². The van der Waals surface area contributed by atoms with Crippen molar-refractivity contribution in [3.63, 3.8) is 0 Å². The molecule has 0 spiro atoms. The molecular weight excluding hydrogens is 360 g/mol. The fourth-order valence-electron chi connectivity index (χ4n) is 1.81. The standard InChI is InChI=1S/C17H14N2S4/c1-2-6-14(7-3-1)8-4-13-21-23-22-17-18-11-10-15(19-17)16-9-5-12-20-16/h1-12H,13H2. The summed E-state index contributed by atoms with van der Waals surface area (Å²) in [6.45, 7) is 0. The van der Waals surface area contributed by atoms with Gasteiger partial charge in [-0.15, -0.1) is 11.3 Å². The average Bonchev–Trinajstić information content (AvgIpc) is 3.14. The Morgan fingerprint density at radius 3 is 2.78 bits per heavy atom. The number of nitrogens with zero attached hydrogens (tertiary/aromatic N) is 2. The van der Waals surface area contributed by atoms with Gasteiger partial charge in [-0.25, -0.2) is 9.97 Å². The zero-order valence-corrected chi connectivity index (χ0v) is 15.4. The van der Waals surface area contributed by atoms with Crippen LogP contribution in [0.4, 0.5) is 0 Å². The predicted molar refractivity (Wildman–Crippen MR) is 107 cm³/mol. The van der Waals surface area contributed by atoms with Crippen molar-refractivity contribution in [1.82, 2.24) is 9.97 Å². The smallest absolute Gasteiger partial charge is 0.199 e. The zero-order valence-electron chi connectivity index (χ0n) is 12.2. The molecule has 0 bridgehead atoms. The second-order valence-corrected chi connectivity index (χ2v) is 9.48. The number of rotatable bonds is 7. The lowest BCUT2D eigenvalue weighted by atomic mass is 10.2. The summed E-state index contributed by atoms with van der Waals surface area (Å²) in [6, 6.07) is 16.4. The van der Waals surface area contributed by atoms with Crippen LogP contribution in [0.3, 0.4) is 0 Å². The lowest BCUT2D eigenvalue weighted by Gasteiger charge is -2.00. The maximum Gasteiger partial charge on any atom is 0.199 e. The predicted octanol–water partition coefficient (Wildman–Crippen LogP) is 6.31. The minimum Gasteiger partial charge on any atom is -0.230 e. The Bertz CT molecular complexity index is 742. The Hall–Kier alpha value is -1.21. The molecule has 23 heavy (non-hydrogen) atoms. The van der Waals surface area contributed by atoms with Crippen LogP contribution < -0.4 is 0 Å². The third-order valence-electron chi connectivity index (χ3n) is 2.84. The average molecular weight is 375 g/mol. The van der Waals surface area contributed by atoms with Crippen LogP contribution >= 0.6 is 42.8 Å². The molecule has 0 aliphatic rings. The minimum absolute atomic E-state index is 0.806. The fourth-order valence-corrected chi connectivity index (χ4v) is 5.54. The van der Waals surface area contributed by atoms with Crippen molar-refractivity contribution < 1.29 is 0 Å². The Kier molecular flexibility index (Phi) is 6.64. The van der Waals surface area contributed by atoms with Crippen molar-refractivity contribution in [2.24, 2.45) is 0 Å². The Labute approximate surface area is 151 Å². The normalized spacial score (nSPS) is 11.1. The molecule has 0 amide bonds. The summed E-state index contributed by atoms with van der Waals surface area (Å²) in [4.78, 5) is 10.1. The number of thiophene rings is 1. The lowest BCUT2D eigenvalue weighted by molar-refractivity contribution is 0.981. The van der Waals surface area contributed by atoms with Gasteiger partial charge in [0.25, 0.3) is 0 Å². The summed E-state index contributed by atoms with van der Waals surface area (Å²) in [7, 11) is 5.10. The molecule has 0 saturated carbocycles. The number of hydrogen-bond acceptors (Lipinski definition) is 6. The number of hydrogen-bond donors (Lipinski definition) is 0. The van der Waals surface area contributed by atoms with E-state index in [2.05, 4.69) is 57.8 Å². The highest BCUT2D eigenvalue weighted by Gasteiger charge is 2.04. The van der Waals surface area contributed by atoms with Crippen molar-refractivity contribution >= 4 is 48.8 Å². The molecule has 2 aromatic heterocycles. The molecule has 0 saturated heterocycles. The quantitative estimate of drug-likeness (QED) is 0.274. The first-order chi connectivity index (χ1) is 11.4. The molecule has 6 heteroatoms. The van der Waals surface area contributed by atoms with Crippen LogP contribution in [0.25, 0.3) is 16.6 Å². The molecule has 0 atom stereocenters. The van der Waals surface area contributed by atoms with Crippen molar-refractivity contribution in [3.8, 4) is 10.6 Å². The second-order valence-electron chi connectivity index (χ2n) is 4.45. The van der Waals surface area contributed by atoms with Gasteiger partial charge in [0.15, 0.2) is 5.16 Å². The monoisotopic (exact) mass is 374 g/mol. The van der Waals surface area contributed by atoms with Gasteiger partial charge in [-0.3, -0.25) is 0 Å². The molecule has 2 heterocycles. The van der Waals surface area contributed by atoms with Gasteiger partial charge in [-0.05, 0) is 43.7 Å². The van der Waals surface area contributed by atoms with E-state index in [4.69, 9.17) is 0 Å². The molecule has 0 radical (unpaired) electrons. The molecule has 0 aliphatic carbocycles. The largest absolute Gasteiger partial charge is 0.230 e. The molecular formula is C17H14N2S4. The second kappa shape index (κ2) is 9.17. The van der Waals surface area contributed by atoms with E-state index >= 15 is 0 Å². The first-order valence-corrected chi connectivity index (χ1v) is 11.5.